The van der Waals surface area contributed by atoms with Crippen LogP contribution in [0.3, 0.4) is 0 Å². The van der Waals surface area contributed by atoms with Crippen LogP contribution in [0.1, 0.15) is 58.3 Å². The van der Waals surface area contributed by atoms with Crippen molar-refractivity contribution in [2.24, 2.45) is 29.6 Å². The summed E-state index contributed by atoms with van der Waals surface area (Å²) in [5, 5.41) is 18.9. The first-order valence-corrected chi connectivity index (χ1v) is 8.00. The van der Waals surface area contributed by atoms with Gasteiger partial charge in [-0.15, -0.1) is 0 Å². The van der Waals surface area contributed by atoms with E-state index in [0.717, 1.165) is 51.4 Å². The van der Waals surface area contributed by atoms with Gasteiger partial charge in [-0.2, -0.15) is 0 Å². The first kappa shape index (κ1) is 15.3. The minimum atomic E-state index is -0.722. The zero-order valence-electron chi connectivity index (χ0n) is 12.3. The van der Waals surface area contributed by atoms with Gasteiger partial charge in [-0.3, -0.25) is 9.59 Å². The average Bonchev–Trinajstić information content (AvgIpc) is 2.43. The Morgan fingerprint density at radius 1 is 1.00 bits per heavy atom. The number of carbonyl (C=O) groups is 2. The molecule has 0 aromatic heterocycles. The van der Waals surface area contributed by atoms with Gasteiger partial charge in [-0.25, -0.2) is 0 Å². The van der Waals surface area contributed by atoms with E-state index in [1.165, 1.54) is 0 Å². The van der Waals surface area contributed by atoms with E-state index >= 15 is 0 Å². The number of carboxylic acid groups (broad SMARTS) is 2. The van der Waals surface area contributed by atoms with Gasteiger partial charge in [0.1, 0.15) is 0 Å². The van der Waals surface area contributed by atoms with Crippen LogP contribution in [0.5, 0.6) is 0 Å². The third kappa shape index (κ3) is 3.15. The van der Waals surface area contributed by atoms with Crippen molar-refractivity contribution in [2.75, 3.05) is 0 Å². The molecule has 0 saturated heterocycles. The van der Waals surface area contributed by atoms with Gasteiger partial charge >= 0.3 is 11.9 Å². The molecule has 0 aromatic carbocycles. The van der Waals surface area contributed by atoms with Gasteiger partial charge in [0.05, 0.1) is 11.8 Å². The van der Waals surface area contributed by atoms with E-state index in [0.29, 0.717) is 5.92 Å². The number of rotatable bonds is 5. The molecule has 4 heteroatoms. The summed E-state index contributed by atoms with van der Waals surface area (Å²) in [7, 11) is 0. The third-order valence-corrected chi connectivity index (χ3v) is 5.43. The fourth-order valence-electron chi connectivity index (χ4n) is 4.47. The molecule has 0 heterocycles. The molecule has 5 atom stereocenters. The average molecular weight is 282 g/mol. The van der Waals surface area contributed by atoms with Gasteiger partial charge in [0.2, 0.25) is 0 Å². The monoisotopic (exact) mass is 282 g/mol. The number of fused-ring (bicyclic) bond motifs is 1. The van der Waals surface area contributed by atoms with Gasteiger partial charge in [-0.1, -0.05) is 32.6 Å². The second-order valence-electron chi connectivity index (χ2n) is 6.63. The maximum atomic E-state index is 11.6. The van der Waals surface area contributed by atoms with Crippen LogP contribution in [-0.4, -0.2) is 22.2 Å². The highest BCUT2D eigenvalue weighted by Crippen LogP contribution is 2.49. The van der Waals surface area contributed by atoms with Crippen molar-refractivity contribution in [2.45, 2.75) is 58.3 Å². The normalized spacial score (nSPS) is 37.1. The molecule has 5 unspecified atom stereocenters. The van der Waals surface area contributed by atoms with E-state index in [4.69, 9.17) is 0 Å². The lowest BCUT2D eigenvalue weighted by Crippen LogP contribution is -2.44. The Morgan fingerprint density at radius 2 is 1.70 bits per heavy atom. The SMILES string of the molecule is CCCCC1CC(C(=O)O)C2CCCC(C(=O)O)C2C1. The molecule has 0 aromatic rings. The van der Waals surface area contributed by atoms with Crippen molar-refractivity contribution in [3.8, 4) is 0 Å². The molecule has 2 saturated carbocycles. The zero-order valence-corrected chi connectivity index (χ0v) is 12.3. The summed E-state index contributed by atoms with van der Waals surface area (Å²) in [5.74, 6) is -1.51. The van der Waals surface area contributed by atoms with Crippen molar-refractivity contribution in [3.63, 3.8) is 0 Å². The summed E-state index contributed by atoms with van der Waals surface area (Å²) in [5.41, 5.74) is 0. The zero-order chi connectivity index (χ0) is 14.7. The summed E-state index contributed by atoms with van der Waals surface area (Å²) in [4.78, 5) is 23.0. The standard InChI is InChI=1S/C16H26O4/c1-2-3-5-10-8-13-11(14(9-10)16(19)20)6-4-7-12(13)15(17)18/h10-14H,2-9H2,1H3,(H,17,18)(H,19,20). The summed E-state index contributed by atoms with van der Waals surface area (Å²) in [6.45, 7) is 2.14. The predicted octanol–water partition coefficient (Wildman–Crippen LogP) is 3.40. The molecule has 2 fully saturated rings. The van der Waals surface area contributed by atoms with Gasteiger partial charge < -0.3 is 10.2 Å². The topological polar surface area (TPSA) is 74.6 Å². The van der Waals surface area contributed by atoms with Crippen molar-refractivity contribution >= 4 is 11.9 Å². The second kappa shape index (κ2) is 6.59. The van der Waals surface area contributed by atoms with Crippen LogP contribution in [-0.2, 0) is 9.59 Å². The molecule has 2 N–H and O–H groups in total. The largest absolute Gasteiger partial charge is 0.481 e. The number of hydrogen-bond acceptors (Lipinski definition) is 2. The van der Waals surface area contributed by atoms with Crippen LogP contribution in [0.2, 0.25) is 0 Å². The van der Waals surface area contributed by atoms with E-state index in [-0.39, 0.29) is 23.7 Å². The van der Waals surface area contributed by atoms with Gasteiger partial charge in [-0.05, 0) is 43.4 Å². The Balaban J connectivity index is 2.15. The second-order valence-corrected chi connectivity index (χ2v) is 6.63. The number of aliphatic carboxylic acids is 2. The maximum absolute atomic E-state index is 11.6. The van der Waals surface area contributed by atoms with Crippen molar-refractivity contribution in [3.05, 3.63) is 0 Å². The van der Waals surface area contributed by atoms with Crippen LogP contribution >= 0.6 is 0 Å². The highest BCUT2D eigenvalue weighted by Gasteiger charge is 2.47. The highest BCUT2D eigenvalue weighted by molar-refractivity contribution is 5.73. The van der Waals surface area contributed by atoms with Gasteiger partial charge in [0, 0.05) is 0 Å². The Bertz CT molecular complexity index is 365. The lowest BCUT2D eigenvalue weighted by atomic mass is 9.58. The van der Waals surface area contributed by atoms with E-state index in [1.54, 1.807) is 0 Å². The molecule has 0 bridgehead atoms. The number of unbranched alkanes of at least 4 members (excludes halogenated alkanes) is 1. The first-order chi connectivity index (χ1) is 9.54. The van der Waals surface area contributed by atoms with Crippen molar-refractivity contribution in [1.29, 1.82) is 0 Å². The molecular weight excluding hydrogens is 256 g/mol. The van der Waals surface area contributed by atoms with Crippen LogP contribution < -0.4 is 0 Å². The summed E-state index contributed by atoms with van der Waals surface area (Å²) in [6.07, 6.45) is 7.44. The van der Waals surface area contributed by atoms with Gasteiger partial charge in [0.25, 0.3) is 0 Å². The maximum Gasteiger partial charge on any atom is 0.306 e. The van der Waals surface area contributed by atoms with Crippen LogP contribution in [0.4, 0.5) is 0 Å². The Hall–Kier alpha value is -1.06. The molecule has 114 valence electrons. The molecule has 0 spiro atoms. The molecule has 4 nitrogen and oxygen atoms in total. The highest BCUT2D eigenvalue weighted by atomic mass is 16.4. The molecule has 0 amide bonds. The molecule has 2 aliphatic carbocycles. The number of carboxylic acids is 2. The molecule has 0 aliphatic heterocycles. The molecule has 2 aliphatic rings. The van der Waals surface area contributed by atoms with E-state index < -0.39 is 11.9 Å². The first-order valence-electron chi connectivity index (χ1n) is 8.00. The lowest BCUT2D eigenvalue weighted by molar-refractivity contribution is -0.156. The summed E-state index contributed by atoms with van der Waals surface area (Å²) < 4.78 is 0. The number of hydrogen-bond donors (Lipinski definition) is 2. The smallest absolute Gasteiger partial charge is 0.306 e. The van der Waals surface area contributed by atoms with Crippen molar-refractivity contribution in [1.82, 2.24) is 0 Å². The molecule has 0 radical (unpaired) electrons. The Morgan fingerprint density at radius 3 is 2.30 bits per heavy atom. The quantitative estimate of drug-likeness (QED) is 0.810. The van der Waals surface area contributed by atoms with E-state index in [2.05, 4.69) is 6.92 Å². The minimum Gasteiger partial charge on any atom is -0.481 e. The van der Waals surface area contributed by atoms with Crippen LogP contribution in [0.15, 0.2) is 0 Å². The van der Waals surface area contributed by atoms with Crippen LogP contribution in [0, 0.1) is 29.6 Å². The summed E-state index contributed by atoms with van der Waals surface area (Å²) >= 11 is 0. The molecule has 2 rings (SSSR count). The van der Waals surface area contributed by atoms with E-state index in [1.807, 2.05) is 0 Å². The summed E-state index contributed by atoms with van der Waals surface area (Å²) in [6, 6.07) is 0. The molecule has 20 heavy (non-hydrogen) atoms. The van der Waals surface area contributed by atoms with Gasteiger partial charge in [0.15, 0.2) is 0 Å². The Kier molecular flexibility index (Phi) is 5.06. The van der Waals surface area contributed by atoms with Crippen molar-refractivity contribution < 1.29 is 19.8 Å². The fourth-order valence-corrected chi connectivity index (χ4v) is 4.47. The fraction of sp³-hybridized carbons (Fsp3) is 0.875. The third-order valence-electron chi connectivity index (χ3n) is 5.43. The van der Waals surface area contributed by atoms with E-state index in [9.17, 15) is 19.8 Å². The minimum absolute atomic E-state index is 0.0814. The van der Waals surface area contributed by atoms with Crippen LogP contribution in [0.25, 0.3) is 0 Å². The lowest BCUT2D eigenvalue weighted by Gasteiger charge is -2.45. The molecular formula is C16H26O4. The predicted molar refractivity (Wildman–Crippen MR) is 75.3 cm³/mol. The Labute approximate surface area is 120 Å².